The number of rotatable bonds is 9. The van der Waals surface area contributed by atoms with Gasteiger partial charge in [-0.25, -0.2) is 0 Å². The number of ether oxygens (including phenoxy) is 2. The van der Waals surface area contributed by atoms with Crippen molar-refractivity contribution in [2.75, 3.05) is 37.8 Å². The quantitative estimate of drug-likeness (QED) is 0.681. The summed E-state index contributed by atoms with van der Waals surface area (Å²) in [6.45, 7) is 6.77. The zero-order valence-electron chi connectivity index (χ0n) is 15.0. The topological polar surface area (TPSA) is 59.6 Å². The Hall–Kier alpha value is -1.11. The van der Waals surface area contributed by atoms with Gasteiger partial charge in [0.25, 0.3) is 0 Å². The zero-order chi connectivity index (χ0) is 17.2. The molecule has 5 nitrogen and oxygen atoms in total. The summed E-state index contributed by atoms with van der Waals surface area (Å²) in [7, 11) is 0. The molecule has 1 aromatic carbocycles. The lowest BCUT2D eigenvalue weighted by atomic mass is 10.1. The van der Waals surface area contributed by atoms with Crippen molar-refractivity contribution >= 4 is 30.1 Å². The van der Waals surface area contributed by atoms with Crippen LogP contribution in [-0.4, -0.2) is 49.8 Å². The summed E-state index contributed by atoms with van der Waals surface area (Å²) < 4.78 is 11.2. The van der Waals surface area contributed by atoms with E-state index >= 15 is 0 Å². The molecule has 1 fully saturated rings. The van der Waals surface area contributed by atoms with E-state index in [0.717, 1.165) is 41.5 Å². The molecule has 0 saturated carbocycles. The summed E-state index contributed by atoms with van der Waals surface area (Å²) in [5.41, 5.74) is 1.13. The van der Waals surface area contributed by atoms with Crippen molar-refractivity contribution in [3.63, 3.8) is 0 Å². The predicted molar refractivity (Wildman–Crippen MR) is 106 cm³/mol. The number of benzene rings is 1. The molecule has 2 rings (SSSR count). The minimum Gasteiger partial charge on any atom is -0.490 e. The Labute approximate surface area is 161 Å². The molecule has 0 bridgehead atoms. The SMILES string of the molecule is CCOc1ccc(CCNC(=O)CC2CSCCN2)cc1OCC.Cl. The summed E-state index contributed by atoms with van der Waals surface area (Å²) >= 11 is 1.91. The van der Waals surface area contributed by atoms with Gasteiger partial charge in [-0.1, -0.05) is 6.07 Å². The van der Waals surface area contributed by atoms with Gasteiger partial charge in [-0.2, -0.15) is 11.8 Å². The van der Waals surface area contributed by atoms with Crippen LogP contribution in [0.4, 0.5) is 0 Å². The highest BCUT2D eigenvalue weighted by atomic mass is 35.5. The molecule has 2 N–H and O–H groups in total. The van der Waals surface area contributed by atoms with Crippen LogP contribution >= 0.6 is 24.2 Å². The molecule has 1 aromatic rings. The Bertz CT molecular complexity index is 525. The van der Waals surface area contributed by atoms with Gasteiger partial charge in [0.2, 0.25) is 5.91 Å². The minimum absolute atomic E-state index is 0. The number of carbonyl (C=O) groups is 1. The van der Waals surface area contributed by atoms with E-state index in [1.807, 2.05) is 43.8 Å². The van der Waals surface area contributed by atoms with Gasteiger partial charge < -0.3 is 20.1 Å². The fourth-order valence-electron chi connectivity index (χ4n) is 2.64. The maximum Gasteiger partial charge on any atom is 0.221 e. The normalized spacial score (nSPS) is 16.6. The molecule has 0 spiro atoms. The molecular formula is C18H29ClN2O3S. The Balaban J connectivity index is 0.00000312. The molecule has 1 heterocycles. The maximum atomic E-state index is 12.0. The van der Waals surface area contributed by atoms with Crippen molar-refractivity contribution < 1.29 is 14.3 Å². The maximum absolute atomic E-state index is 12.0. The third kappa shape index (κ3) is 7.75. The molecule has 1 amide bonds. The molecule has 0 aromatic heterocycles. The van der Waals surface area contributed by atoms with Crippen LogP contribution in [0, 0.1) is 0 Å². The first kappa shape index (κ1) is 21.9. The van der Waals surface area contributed by atoms with E-state index in [0.29, 0.717) is 32.2 Å². The molecular weight excluding hydrogens is 360 g/mol. The van der Waals surface area contributed by atoms with Crippen molar-refractivity contribution in [3.05, 3.63) is 23.8 Å². The molecule has 0 aliphatic carbocycles. The van der Waals surface area contributed by atoms with Gasteiger partial charge in [0.05, 0.1) is 13.2 Å². The first-order valence-corrected chi connectivity index (χ1v) is 9.84. The fourth-order valence-corrected chi connectivity index (χ4v) is 3.59. The number of amides is 1. The summed E-state index contributed by atoms with van der Waals surface area (Å²) in [5.74, 6) is 3.81. The van der Waals surface area contributed by atoms with E-state index in [4.69, 9.17) is 9.47 Å². The monoisotopic (exact) mass is 388 g/mol. The zero-order valence-corrected chi connectivity index (χ0v) is 16.6. The number of hydrogen-bond donors (Lipinski definition) is 2. The number of halogens is 1. The van der Waals surface area contributed by atoms with Crippen LogP contribution in [0.3, 0.4) is 0 Å². The van der Waals surface area contributed by atoms with Crippen molar-refractivity contribution in [2.45, 2.75) is 32.7 Å². The van der Waals surface area contributed by atoms with Crippen LogP contribution in [0.2, 0.25) is 0 Å². The second kappa shape index (κ2) is 12.3. The molecule has 1 unspecified atom stereocenters. The molecule has 142 valence electrons. The third-order valence-electron chi connectivity index (χ3n) is 3.77. The second-order valence-corrected chi connectivity index (χ2v) is 6.83. The summed E-state index contributed by atoms with van der Waals surface area (Å²) in [5, 5.41) is 6.40. The van der Waals surface area contributed by atoms with E-state index in [1.54, 1.807) is 0 Å². The van der Waals surface area contributed by atoms with E-state index < -0.39 is 0 Å². The van der Waals surface area contributed by atoms with Crippen molar-refractivity contribution in [2.24, 2.45) is 0 Å². The molecule has 1 aliphatic heterocycles. The van der Waals surface area contributed by atoms with Gasteiger partial charge >= 0.3 is 0 Å². The number of thioether (sulfide) groups is 1. The van der Waals surface area contributed by atoms with E-state index in [2.05, 4.69) is 10.6 Å². The molecule has 0 radical (unpaired) electrons. The van der Waals surface area contributed by atoms with Gasteiger partial charge in [-0.05, 0) is 38.0 Å². The Morgan fingerprint density at radius 2 is 2.04 bits per heavy atom. The largest absolute Gasteiger partial charge is 0.490 e. The lowest BCUT2D eigenvalue weighted by molar-refractivity contribution is -0.121. The highest BCUT2D eigenvalue weighted by molar-refractivity contribution is 7.99. The van der Waals surface area contributed by atoms with Gasteiger partial charge in [0.15, 0.2) is 11.5 Å². The second-order valence-electron chi connectivity index (χ2n) is 5.68. The first-order valence-electron chi connectivity index (χ1n) is 8.69. The first-order chi connectivity index (χ1) is 11.7. The van der Waals surface area contributed by atoms with Gasteiger partial charge in [0, 0.05) is 37.1 Å². The molecule has 1 saturated heterocycles. The lowest BCUT2D eigenvalue weighted by Gasteiger charge is -2.22. The standard InChI is InChI=1S/C18H28N2O3S.ClH/c1-3-22-16-6-5-14(11-17(16)23-4-2)7-8-20-18(21)12-15-13-24-10-9-19-15;/h5-6,11,15,19H,3-4,7-10,12-13H2,1-2H3,(H,20,21);1H. The van der Waals surface area contributed by atoms with Gasteiger partial charge in [0.1, 0.15) is 0 Å². The smallest absolute Gasteiger partial charge is 0.221 e. The Kier molecular flexibility index (Phi) is 10.8. The van der Waals surface area contributed by atoms with Crippen molar-refractivity contribution in [3.8, 4) is 11.5 Å². The van der Waals surface area contributed by atoms with Crippen LogP contribution in [0.25, 0.3) is 0 Å². The van der Waals surface area contributed by atoms with Crippen LogP contribution in [0.15, 0.2) is 18.2 Å². The van der Waals surface area contributed by atoms with Crippen LogP contribution in [0.5, 0.6) is 11.5 Å². The predicted octanol–water partition coefficient (Wildman–Crippen LogP) is 2.66. The average molecular weight is 389 g/mol. The van der Waals surface area contributed by atoms with E-state index in [-0.39, 0.29) is 18.3 Å². The molecule has 1 aliphatic rings. The number of carbonyl (C=O) groups excluding carboxylic acids is 1. The average Bonchev–Trinajstić information content (AvgIpc) is 2.58. The van der Waals surface area contributed by atoms with Crippen molar-refractivity contribution in [1.82, 2.24) is 10.6 Å². The summed E-state index contributed by atoms with van der Waals surface area (Å²) in [6.07, 6.45) is 1.34. The Morgan fingerprint density at radius 3 is 2.72 bits per heavy atom. The molecule has 25 heavy (non-hydrogen) atoms. The summed E-state index contributed by atoms with van der Waals surface area (Å²) in [6, 6.07) is 6.27. The number of hydrogen-bond acceptors (Lipinski definition) is 5. The van der Waals surface area contributed by atoms with Crippen LogP contribution in [0.1, 0.15) is 25.8 Å². The van der Waals surface area contributed by atoms with E-state index in [9.17, 15) is 4.79 Å². The summed E-state index contributed by atoms with van der Waals surface area (Å²) in [4.78, 5) is 12.0. The highest BCUT2D eigenvalue weighted by Gasteiger charge is 2.16. The molecule has 1 atom stereocenters. The number of nitrogens with one attached hydrogen (secondary N) is 2. The third-order valence-corrected chi connectivity index (χ3v) is 4.90. The highest BCUT2D eigenvalue weighted by Crippen LogP contribution is 2.28. The van der Waals surface area contributed by atoms with Crippen molar-refractivity contribution in [1.29, 1.82) is 0 Å². The van der Waals surface area contributed by atoms with Gasteiger partial charge in [-0.15, -0.1) is 12.4 Å². The minimum atomic E-state index is 0. The fraction of sp³-hybridized carbons (Fsp3) is 0.611. The Morgan fingerprint density at radius 1 is 1.28 bits per heavy atom. The molecule has 7 heteroatoms. The van der Waals surface area contributed by atoms with Gasteiger partial charge in [-0.3, -0.25) is 4.79 Å². The van der Waals surface area contributed by atoms with Crippen LogP contribution in [-0.2, 0) is 11.2 Å². The lowest BCUT2D eigenvalue weighted by Crippen LogP contribution is -2.41. The van der Waals surface area contributed by atoms with E-state index in [1.165, 1.54) is 0 Å². The van der Waals surface area contributed by atoms with Crippen LogP contribution < -0.4 is 20.1 Å².